The Balaban J connectivity index is 1.56. The zero-order valence-corrected chi connectivity index (χ0v) is 20.6. The minimum Gasteiger partial charge on any atom is -0.484 e. The first-order chi connectivity index (χ1) is 15.1. The molecule has 0 spiro atoms. The Labute approximate surface area is 201 Å². The fraction of sp³-hybridized carbons (Fsp3) is 0.174. The normalized spacial score (nSPS) is 12.1. The highest BCUT2D eigenvalue weighted by Gasteiger charge is 2.15. The molecule has 0 fully saturated rings. The van der Waals surface area contributed by atoms with Gasteiger partial charge >= 0.3 is 0 Å². The van der Waals surface area contributed by atoms with E-state index in [-0.39, 0.29) is 23.5 Å². The highest BCUT2D eigenvalue weighted by molar-refractivity contribution is 9.10. The molecule has 1 amide bonds. The van der Waals surface area contributed by atoms with Crippen LogP contribution >= 0.6 is 27.5 Å². The SMILES string of the molecule is Cc1ccc(NS(=O)(=O)c2ccc(OCC(=O)N[C@H](C)c3cccc(Br)c3)cc2)cc1Cl. The van der Waals surface area contributed by atoms with Crippen molar-refractivity contribution in [3.8, 4) is 5.75 Å². The standard InChI is InChI=1S/C23H22BrClN2O4S/c1-15-6-7-19(13-22(15)25)27-32(29,30)21-10-8-20(9-11-21)31-14-23(28)26-16(2)17-4-3-5-18(24)12-17/h3-13,16,27H,14H2,1-2H3,(H,26,28)/t16-/m1/s1. The average Bonchev–Trinajstić information content (AvgIpc) is 2.75. The smallest absolute Gasteiger partial charge is 0.261 e. The van der Waals surface area contributed by atoms with Crippen LogP contribution in [0.3, 0.4) is 0 Å². The number of sulfonamides is 1. The molecule has 32 heavy (non-hydrogen) atoms. The Hall–Kier alpha value is -2.55. The molecule has 0 radical (unpaired) electrons. The van der Waals surface area contributed by atoms with Crippen molar-refractivity contribution in [1.29, 1.82) is 0 Å². The van der Waals surface area contributed by atoms with Gasteiger partial charge in [0.05, 0.1) is 16.6 Å². The van der Waals surface area contributed by atoms with Gasteiger partial charge in [-0.25, -0.2) is 8.42 Å². The topological polar surface area (TPSA) is 84.5 Å². The number of carbonyl (C=O) groups excluding carboxylic acids is 1. The number of rotatable bonds is 8. The lowest BCUT2D eigenvalue weighted by atomic mass is 10.1. The lowest BCUT2D eigenvalue weighted by molar-refractivity contribution is -0.123. The molecular weight excluding hydrogens is 516 g/mol. The van der Waals surface area contributed by atoms with E-state index in [0.717, 1.165) is 15.6 Å². The summed E-state index contributed by atoms with van der Waals surface area (Å²) >= 11 is 9.47. The number of anilines is 1. The van der Waals surface area contributed by atoms with Crippen LogP contribution in [0.15, 0.2) is 76.1 Å². The average molecular weight is 538 g/mol. The van der Waals surface area contributed by atoms with E-state index in [0.29, 0.717) is 16.5 Å². The summed E-state index contributed by atoms with van der Waals surface area (Å²) in [5.41, 5.74) is 2.19. The minimum atomic E-state index is -3.79. The number of hydrogen-bond acceptors (Lipinski definition) is 4. The molecule has 0 bridgehead atoms. The van der Waals surface area contributed by atoms with Crippen LogP contribution in [-0.2, 0) is 14.8 Å². The van der Waals surface area contributed by atoms with Gasteiger partial charge in [-0.15, -0.1) is 0 Å². The van der Waals surface area contributed by atoms with Crippen molar-refractivity contribution in [3.63, 3.8) is 0 Å². The summed E-state index contributed by atoms with van der Waals surface area (Å²) in [6.45, 7) is 3.53. The minimum absolute atomic E-state index is 0.0641. The summed E-state index contributed by atoms with van der Waals surface area (Å²) < 4.78 is 34.1. The lowest BCUT2D eigenvalue weighted by Crippen LogP contribution is -2.31. The van der Waals surface area contributed by atoms with Crippen LogP contribution in [-0.4, -0.2) is 20.9 Å². The van der Waals surface area contributed by atoms with Crippen LogP contribution in [0.2, 0.25) is 5.02 Å². The molecule has 0 heterocycles. The van der Waals surface area contributed by atoms with Crippen LogP contribution in [0.4, 0.5) is 5.69 Å². The number of benzene rings is 3. The third kappa shape index (κ3) is 6.48. The molecule has 1 atom stereocenters. The van der Waals surface area contributed by atoms with E-state index in [9.17, 15) is 13.2 Å². The van der Waals surface area contributed by atoms with Gasteiger partial charge in [0.1, 0.15) is 5.75 Å². The van der Waals surface area contributed by atoms with Crippen molar-refractivity contribution in [3.05, 3.63) is 87.4 Å². The van der Waals surface area contributed by atoms with Gasteiger partial charge < -0.3 is 10.1 Å². The monoisotopic (exact) mass is 536 g/mol. The molecule has 0 saturated heterocycles. The van der Waals surface area contributed by atoms with E-state index in [1.54, 1.807) is 18.2 Å². The van der Waals surface area contributed by atoms with Gasteiger partial charge in [-0.3, -0.25) is 9.52 Å². The van der Waals surface area contributed by atoms with Crippen LogP contribution < -0.4 is 14.8 Å². The number of aryl methyl sites for hydroxylation is 1. The number of ether oxygens (including phenoxy) is 1. The molecule has 0 aromatic heterocycles. The number of nitrogens with one attached hydrogen (secondary N) is 2. The first-order valence-electron chi connectivity index (χ1n) is 9.71. The van der Waals surface area contributed by atoms with Gasteiger partial charge in [0.25, 0.3) is 15.9 Å². The number of hydrogen-bond donors (Lipinski definition) is 2. The molecule has 0 unspecified atom stereocenters. The molecule has 0 saturated carbocycles. The van der Waals surface area contributed by atoms with E-state index >= 15 is 0 Å². The Morgan fingerprint density at radius 2 is 1.81 bits per heavy atom. The molecule has 0 aliphatic carbocycles. The summed E-state index contributed by atoms with van der Waals surface area (Å²) in [7, 11) is -3.79. The molecule has 168 valence electrons. The second kappa shape index (κ2) is 10.4. The van der Waals surface area contributed by atoms with Crippen LogP contribution in [0.1, 0.15) is 24.1 Å². The van der Waals surface area contributed by atoms with Crippen LogP contribution in [0.5, 0.6) is 5.75 Å². The van der Waals surface area contributed by atoms with Crippen LogP contribution in [0.25, 0.3) is 0 Å². The van der Waals surface area contributed by atoms with Gasteiger partial charge in [-0.2, -0.15) is 0 Å². The second-order valence-electron chi connectivity index (χ2n) is 7.17. The van der Waals surface area contributed by atoms with E-state index in [1.165, 1.54) is 24.3 Å². The quantitative estimate of drug-likeness (QED) is 0.399. The second-order valence-corrected chi connectivity index (χ2v) is 10.2. The van der Waals surface area contributed by atoms with E-state index in [4.69, 9.17) is 16.3 Å². The van der Waals surface area contributed by atoms with Gasteiger partial charge in [0, 0.05) is 9.50 Å². The largest absolute Gasteiger partial charge is 0.484 e. The summed E-state index contributed by atoms with van der Waals surface area (Å²) in [6, 6.07) is 18.3. The Kier molecular flexibility index (Phi) is 7.82. The van der Waals surface area contributed by atoms with Gasteiger partial charge in [-0.05, 0) is 73.5 Å². The maximum absolute atomic E-state index is 12.6. The van der Waals surface area contributed by atoms with Gasteiger partial charge in [0.15, 0.2) is 6.61 Å². The zero-order valence-electron chi connectivity index (χ0n) is 17.4. The molecule has 3 aromatic carbocycles. The van der Waals surface area contributed by atoms with Crippen molar-refractivity contribution in [1.82, 2.24) is 5.32 Å². The Morgan fingerprint density at radius 1 is 1.09 bits per heavy atom. The summed E-state index contributed by atoms with van der Waals surface area (Å²) in [6.07, 6.45) is 0. The first-order valence-corrected chi connectivity index (χ1v) is 12.4. The molecule has 3 rings (SSSR count). The number of halogens is 2. The molecule has 2 N–H and O–H groups in total. The fourth-order valence-electron chi connectivity index (χ4n) is 2.88. The molecule has 0 aliphatic heterocycles. The van der Waals surface area contributed by atoms with Crippen molar-refractivity contribution in [2.24, 2.45) is 0 Å². The first kappa shape index (κ1) is 24.1. The van der Waals surface area contributed by atoms with E-state index in [2.05, 4.69) is 26.0 Å². The third-order valence-electron chi connectivity index (χ3n) is 4.65. The zero-order chi connectivity index (χ0) is 23.3. The van der Waals surface area contributed by atoms with Gasteiger partial charge in [-0.1, -0.05) is 45.7 Å². The highest BCUT2D eigenvalue weighted by Crippen LogP contribution is 2.24. The lowest BCUT2D eigenvalue weighted by Gasteiger charge is -2.15. The molecular formula is C23H22BrClN2O4S. The van der Waals surface area contributed by atoms with Crippen LogP contribution in [0, 0.1) is 6.92 Å². The van der Waals surface area contributed by atoms with Crippen molar-refractivity contribution >= 4 is 49.1 Å². The Bertz CT molecular complexity index is 1220. The van der Waals surface area contributed by atoms with E-state index < -0.39 is 10.0 Å². The summed E-state index contributed by atoms with van der Waals surface area (Å²) in [5.74, 6) is 0.0969. The fourth-order valence-corrected chi connectivity index (χ4v) is 4.52. The summed E-state index contributed by atoms with van der Waals surface area (Å²) in [4.78, 5) is 12.3. The molecule has 6 nitrogen and oxygen atoms in total. The number of amides is 1. The van der Waals surface area contributed by atoms with Gasteiger partial charge in [0.2, 0.25) is 0 Å². The molecule has 0 aliphatic rings. The van der Waals surface area contributed by atoms with E-state index in [1.807, 2.05) is 38.1 Å². The number of carbonyl (C=O) groups is 1. The van der Waals surface area contributed by atoms with Crippen molar-refractivity contribution < 1.29 is 17.9 Å². The Morgan fingerprint density at radius 3 is 2.47 bits per heavy atom. The maximum Gasteiger partial charge on any atom is 0.261 e. The highest BCUT2D eigenvalue weighted by atomic mass is 79.9. The molecule has 9 heteroatoms. The maximum atomic E-state index is 12.6. The third-order valence-corrected chi connectivity index (χ3v) is 6.95. The summed E-state index contributed by atoms with van der Waals surface area (Å²) in [5, 5.41) is 3.34. The van der Waals surface area contributed by atoms with Crippen molar-refractivity contribution in [2.75, 3.05) is 11.3 Å². The predicted octanol–water partition coefficient (Wildman–Crippen LogP) is 5.47. The van der Waals surface area contributed by atoms with Crippen molar-refractivity contribution in [2.45, 2.75) is 24.8 Å². The predicted molar refractivity (Wildman–Crippen MR) is 130 cm³/mol. The molecule has 3 aromatic rings.